The Labute approximate surface area is 76.4 Å². The van der Waals surface area contributed by atoms with E-state index in [9.17, 15) is 0 Å². The maximum atomic E-state index is 4.96. The third kappa shape index (κ3) is 12.5. The average Bonchev–Trinajstić information content (AvgIpc) is 2.11. The van der Waals surface area contributed by atoms with Crippen molar-refractivity contribution in [3.05, 3.63) is 0 Å². The van der Waals surface area contributed by atoms with Gasteiger partial charge in [-0.2, -0.15) is 0 Å². The minimum atomic E-state index is 0.490. The SMILES string of the molecule is CC.CC1COCOC1.CNC. The van der Waals surface area contributed by atoms with E-state index in [0.717, 1.165) is 13.2 Å². The fourth-order valence-electron chi connectivity index (χ4n) is 0.606. The second-order valence-corrected chi connectivity index (χ2v) is 2.46. The quantitative estimate of drug-likeness (QED) is 0.608. The van der Waals surface area contributed by atoms with Crippen molar-refractivity contribution in [3.63, 3.8) is 0 Å². The molecule has 0 unspecified atom stereocenters. The fraction of sp³-hybridized carbons (Fsp3) is 1.00. The van der Waals surface area contributed by atoms with Crippen molar-refractivity contribution < 1.29 is 9.47 Å². The lowest BCUT2D eigenvalue weighted by Gasteiger charge is -2.17. The molecule has 0 spiro atoms. The van der Waals surface area contributed by atoms with E-state index in [4.69, 9.17) is 9.47 Å². The molecule has 1 aliphatic rings. The summed E-state index contributed by atoms with van der Waals surface area (Å²) < 4.78 is 9.92. The Bertz CT molecular complexity index is 63.5. The minimum Gasteiger partial charge on any atom is -0.355 e. The Balaban J connectivity index is 0. The van der Waals surface area contributed by atoms with Crippen LogP contribution in [0.15, 0.2) is 0 Å². The first kappa shape index (κ1) is 14.4. The van der Waals surface area contributed by atoms with Crippen molar-refractivity contribution >= 4 is 0 Å². The molecule has 0 aromatic heterocycles. The molecule has 12 heavy (non-hydrogen) atoms. The van der Waals surface area contributed by atoms with Crippen molar-refractivity contribution in [1.82, 2.24) is 5.32 Å². The summed E-state index contributed by atoms with van der Waals surface area (Å²) in [7, 11) is 3.75. The summed E-state index contributed by atoms with van der Waals surface area (Å²) in [6, 6.07) is 0. The monoisotopic (exact) mass is 177 g/mol. The van der Waals surface area contributed by atoms with Gasteiger partial charge in [-0.1, -0.05) is 20.8 Å². The second-order valence-electron chi connectivity index (χ2n) is 2.46. The maximum absolute atomic E-state index is 4.96. The normalized spacial score (nSPS) is 16.8. The van der Waals surface area contributed by atoms with Gasteiger partial charge in [-0.25, -0.2) is 0 Å². The predicted octanol–water partition coefficient (Wildman–Crippen LogP) is 1.49. The van der Waals surface area contributed by atoms with Gasteiger partial charge in [-0.05, 0) is 14.1 Å². The number of nitrogens with one attached hydrogen (secondary N) is 1. The molecule has 76 valence electrons. The van der Waals surface area contributed by atoms with Gasteiger partial charge in [-0.3, -0.25) is 0 Å². The molecule has 3 nitrogen and oxygen atoms in total. The van der Waals surface area contributed by atoms with Crippen LogP contribution in [0.5, 0.6) is 0 Å². The maximum Gasteiger partial charge on any atom is 0.146 e. The van der Waals surface area contributed by atoms with Crippen LogP contribution >= 0.6 is 0 Å². The molecular formula is C9H23NO2. The molecule has 0 amide bonds. The smallest absolute Gasteiger partial charge is 0.146 e. The van der Waals surface area contributed by atoms with Gasteiger partial charge in [0, 0.05) is 5.92 Å². The minimum absolute atomic E-state index is 0.490. The van der Waals surface area contributed by atoms with E-state index in [1.54, 1.807) is 0 Å². The highest BCUT2D eigenvalue weighted by molar-refractivity contribution is 4.49. The van der Waals surface area contributed by atoms with Gasteiger partial charge in [0.05, 0.1) is 13.2 Å². The fourth-order valence-corrected chi connectivity index (χ4v) is 0.606. The van der Waals surface area contributed by atoms with Crippen LogP contribution in [0.3, 0.4) is 0 Å². The van der Waals surface area contributed by atoms with Crippen LogP contribution in [0.4, 0.5) is 0 Å². The molecular weight excluding hydrogens is 154 g/mol. The van der Waals surface area contributed by atoms with Gasteiger partial charge < -0.3 is 14.8 Å². The molecule has 1 fully saturated rings. The highest BCUT2D eigenvalue weighted by atomic mass is 16.7. The summed E-state index contributed by atoms with van der Waals surface area (Å²) >= 11 is 0. The molecule has 3 heteroatoms. The van der Waals surface area contributed by atoms with E-state index >= 15 is 0 Å². The first-order valence-corrected chi connectivity index (χ1v) is 4.55. The van der Waals surface area contributed by atoms with Gasteiger partial charge in [0.25, 0.3) is 0 Å². The molecule has 1 rings (SSSR count). The highest BCUT2D eigenvalue weighted by Gasteiger charge is 2.06. The first-order chi connectivity index (χ1) is 5.81. The van der Waals surface area contributed by atoms with Gasteiger partial charge in [0.1, 0.15) is 6.79 Å². The highest BCUT2D eigenvalue weighted by Crippen LogP contribution is 2.01. The van der Waals surface area contributed by atoms with Crippen LogP contribution in [-0.4, -0.2) is 34.1 Å². The summed E-state index contributed by atoms with van der Waals surface area (Å²) in [6.45, 7) is 8.32. The molecule has 1 aliphatic heterocycles. The largest absolute Gasteiger partial charge is 0.355 e. The Morgan fingerprint density at radius 1 is 1.08 bits per heavy atom. The van der Waals surface area contributed by atoms with Crippen molar-refractivity contribution in [3.8, 4) is 0 Å². The van der Waals surface area contributed by atoms with E-state index in [0.29, 0.717) is 12.7 Å². The van der Waals surface area contributed by atoms with Gasteiger partial charge in [0.15, 0.2) is 0 Å². The van der Waals surface area contributed by atoms with Gasteiger partial charge in [0.2, 0.25) is 0 Å². The zero-order valence-electron chi connectivity index (χ0n) is 9.02. The molecule has 0 atom stereocenters. The van der Waals surface area contributed by atoms with Crippen LogP contribution in [0.1, 0.15) is 20.8 Å². The van der Waals surface area contributed by atoms with E-state index in [2.05, 4.69) is 12.2 Å². The molecule has 0 saturated carbocycles. The zero-order chi connectivity index (χ0) is 9.82. The topological polar surface area (TPSA) is 30.5 Å². The third-order valence-corrected chi connectivity index (χ3v) is 0.971. The number of rotatable bonds is 0. The number of hydrogen-bond donors (Lipinski definition) is 1. The molecule has 0 bridgehead atoms. The van der Waals surface area contributed by atoms with Crippen LogP contribution < -0.4 is 5.32 Å². The summed E-state index contributed by atoms with van der Waals surface area (Å²) in [4.78, 5) is 0. The summed E-state index contributed by atoms with van der Waals surface area (Å²) in [5.41, 5.74) is 0. The van der Waals surface area contributed by atoms with Crippen LogP contribution in [-0.2, 0) is 9.47 Å². The molecule has 0 aliphatic carbocycles. The second kappa shape index (κ2) is 13.5. The zero-order valence-corrected chi connectivity index (χ0v) is 9.02. The van der Waals surface area contributed by atoms with E-state index < -0.39 is 0 Å². The summed E-state index contributed by atoms with van der Waals surface area (Å²) in [5.74, 6) is 0.591. The van der Waals surface area contributed by atoms with Gasteiger partial charge in [-0.15, -0.1) is 0 Å². The first-order valence-electron chi connectivity index (χ1n) is 4.55. The van der Waals surface area contributed by atoms with Crippen molar-refractivity contribution in [2.45, 2.75) is 20.8 Å². The number of hydrogen-bond acceptors (Lipinski definition) is 3. The van der Waals surface area contributed by atoms with Crippen molar-refractivity contribution in [1.29, 1.82) is 0 Å². The Hall–Kier alpha value is -0.120. The lowest BCUT2D eigenvalue weighted by atomic mass is 10.2. The molecule has 1 saturated heterocycles. The van der Waals surface area contributed by atoms with E-state index in [1.165, 1.54) is 0 Å². The number of ether oxygens (including phenoxy) is 2. The lowest BCUT2D eigenvalue weighted by Crippen LogP contribution is -2.20. The average molecular weight is 177 g/mol. The molecule has 1 heterocycles. The Morgan fingerprint density at radius 3 is 1.58 bits per heavy atom. The van der Waals surface area contributed by atoms with Crippen LogP contribution in [0.2, 0.25) is 0 Å². The lowest BCUT2D eigenvalue weighted by molar-refractivity contribution is -0.121. The molecule has 0 aromatic carbocycles. The van der Waals surface area contributed by atoms with E-state index in [-0.39, 0.29) is 0 Å². The van der Waals surface area contributed by atoms with Gasteiger partial charge >= 0.3 is 0 Å². The van der Waals surface area contributed by atoms with Crippen molar-refractivity contribution in [2.24, 2.45) is 5.92 Å². The van der Waals surface area contributed by atoms with E-state index in [1.807, 2.05) is 27.9 Å². The summed E-state index contributed by atoms with van der Waals surface area (Å²) in [5, 5.41) is 2.75. The predicted molar refractivity (Wildman–Crippen MR) is 52.3 cm³/mol. The Morgan fingerprint density at radius 2 is 1.42 bits per heavy atom. The van der Waals surface area contributed by atoms with Crippen LogP contribution in [0, 0.1) is 5.92 Å². The summed E-state index contributed by atoms with van der Waals surface area (Å²) in [6.07, 6.45) is 0. The molecule has 0 aromatic rings. The Kier molecular flexibility index (Phi) is 16.2. The standard InChI is InChI=1S/C5H10O2.C2H7N.C2H6/c1-5-2-6-4-7-3-5;1-3-2;1-2/h5H,2-4H2,1H3;3H,1-2H3;1-2H3. The van der Waals surface area contributed by atoms with Crippen molar-refractivity contribution in [2.75, 3.05) is 34.1 Å². The third-order valence-electron chi connectivity index (χ3n) is 0.971. The molecule has 1 N–H and O–H groups in total. The molecule has 0 radical (unpaired) electrons. The van der Waals surface area contributed by atoms with Crippen LogP contribution in [0.25, 0.3) is 0 Å².